The van der Waals surface area contributed by atoms with Crippen molar-refractivity contribution in [2.45, 2.75) is 25.2 Å². The summed E-state index contributed by atoms with van der Waals surface area (Å²) in [6, 6.07) is 6.02. The number of aromatic nitrogens is 6. The molecule has 4 aromatic rings. The maximum absolute atomic E-state index is 14.5. The number of imidazole rings is 1. The van der Waals surface area contributed by atoms with E-state index in [4.69, 9.17) is 4.74 Å². The van der Waals surface area contributed by atoms with Gasteiger partial charge in [0, 0.05) is 18.2 Å². The van der Waals surface area contributed by atoms with Gasteiger partial charge in [0.05, 0.1) is 37.8 Å². The van der Waals surface area contributed by atoms with Crippen molar-refractivity contribution in [1.29, 1.82) is 0 Å². The van der Waals surface area contributed by atoms with Crippen molar-refractivity contribution < 1.29 is 18.6 Å². The lowest BCUT2D eigenvalue weighted by Gasteiger charge is -2.26. The Balaban J connectivity index is 1.58. The second-order valence-corrected chi connectivity index (χ2v) is 7.37. The first-order valence-corrected chi connectivity index (χ1v) is 9.95. The minimum absolute atomic E-state index is 0.0923. The van der Waals surface area contributed by atoms with E-state index in [1.165, 1.54) is 13.2 Å². The molecule has 2 atom stereocenters. The monoisotopic (exact) mass is 439 g/mol. The van der Waals surface area contributed by atoms with Crippen LogP contribution in [-0.4, -0.2) is 54.5 Å². The van der Waals surface area contributed by atoms with Gasteiger partial charge in [-0.25, -0.2) is 33.2 Å². The summed E-state index contributed by atoms with van der Waals surface area (Å²) in [5.41, 5.74) is 2.17. The van der Waals surface area contributed by atoms with Crippen LogP contribution in [0.2, 0.25) is 0 Å². The summed E-state index contributed by atoms with van der Waals surface area (Å²) in [6.45, 7) is -0.199. The van der Waals surface area contributed by atoms with E-state index in [9.17, 15) is 13.9 Å². The minimum Gasteiger partial charge on any atom is -0.481 e. The number of alkyl halides is 1. The van der Waals surface area contributed by atoms with E-state index in [-0.39, 0.29) is 31.3 Å². The third kappa shape index (κ3) is 3.50. The Hall–Kier alpha value is -3.73. The van der Waals surface area contributed by atoms with E-state index in [1.807, 2.05) is 0 Å². The lowest BCUT2D eigenvalue weighted by atomic mass is 10.1. The molecule has 0 aliphatic carbocycles. The summed E-state index contributed by atoms with van der Waals surface area (Å²) in [5, 5.41) is 14.0. The molecule has 0 amide bonds. The zero-order valence-electron chi connectivity index (χ0n) is 17.1. The number of aliphatic hydroxyl groups excluding tert-OH is 1. The van der Waals surface area contributed by atoms with E-state index < -0.39 is 18.0 Å². The lowest BCUT2D eigenvalue weighted by molar-refractivity contribution is 0.271. The number of hydrogen-bond acceptors (Lipinski definition) is 8. The highest BCUT2D eigenvalue weighted by Gasteiger charge is 2.36. The predicted molar refractivity (Wildman–Crippen MR) is 110 cm³/mol. The van der Waals surface area contributed by atoms with Gasteiger partial charge in [-0.3, -0.25) is 0 Å². The van der Waals surface area contributed by atoms with Crippen LogP contribution in [0.5, 0.6) is 5.88 Å². The second kappa shape index (κ2) is 8.08. The van der Waals surface area contributed by atoms with Crippen molar-refractivity contribution in [3.8, 4) is 17.3 Å². The fraction of sp³-hybridized carbons (Fsp3) is 0.286. The van der Waals surface area contributed by atoms with Gasteiger partial charge in [-0.1, -0.05) is 0 Å². The summed E-state index contributed by atoms with van der Waals surface area (Å²) >= 11 is 0. The Bertz CT molecular complexity index is 1280. The summed E-state index contributed by atoms with van der Waals surface area (Å²) in [6.07, 6.45) is 3.27. The van der Waals surface area contributed by atoms with Crippen molar-refractivity contribution in [2.75, 3.05) is 18.6 Å². The molecule has 0 radical (unpaired) electrons. The Kier molecular flexibility index (Phi) is 5.10. The zero-order valence-corrected chi connectivity index (χ0v) is 17.1. The van der Waals surface area contributed by atoms with Crippen LogP contribution in [-0.2, 0) is 6.61 Å². The summed E-state index contributed by atoms with van der Waals surface area (Å²) in [7, 11) is 1.44. The molecular formula is C21H19F2N7O2. The van der Waals surface area contributed by atoms with Crippen LogP contribution < -0.4 is 9.64 Å². The first-order valence-electron chi connectivity index (χ1n) is 9.95. The Morgan fingerprint density at radius 3 is 2.88 bits per heavy atom. The summed E-state index contributed by atoms with van der Waals surface area (Å²) in [5.74, 6) is 0.494. The number of nitrogens with zero attached hydrogens (tertiary/aromatic N) is 7. The molecule has 1 saturated heterocycles. The standard InChI is InChI=1S/C21H19F2N7O2/c1-32-21-14(6-12(22)8-26-21)16-7-13(23)10-29(16)20-3-2-19-25-9-17(30(19)28-20)15-4-5-24-18(11-31)27-15/h2-6,8-9,13,16,31H,7,10-11H2,1H3/t13-,16+/m0/s1. The first kappa shape index (κ1) is 20.2. The van der Waals surface area contributed by atoms with Gasteiger partial charge in [0.1, 0.15) is 30.1 Å². The highest BCUT2D eigenvalue weighted by Crippen LogP contribution is 2.40. The van der Waals surface area contributed by atoms with Crippen molar-refractivity contribution in [1.82, 2.24) is 29.5 Å². The van der Waals surface area contributed by atoms with Crippen LogP contribution in [0.4, 0.5) is 14.6 Å². The number of fused-ring (bicyclic) bond motifs is 1. The van der Waals surface area contributed by atoms with Gasteiger partial charge in [-0.15, -0.1) is 5.10 Å². The molecule has 32 heavy (non-hydrogen) atoms. The average Bonchev–Trinajstić information content (AvgIpc) is 3.42. The van der Waals surface area contributed by atoms with Crippen molar-refractivity contribution in [3.05, 3.63) is 60.1 Å². The fourth-order valence-electron chi connectivity index (χ4n) is 3.99. The molecule has 11 heteroatoms. The van der Waals surface area contributed by atoms with Gasteiger partial charge in [-0.05, 0) is 24.3 Å². The average molecular weight is 439 g/mol. The number of pyridine rings is 1. The Morgan fingerprint density at radius 2 is 2.06 bits per heavy atom. The number of methoxy groups -OCH3 is 1. The molecule has 0 bridgehead atoms. The Labute approximate surface area is 181 Å². The smallest absolute Gasteiger partial charge is 0.218 e. The maximum Gasteiger partial charge on any atom is 0.218 e. The number of anilines is 1. The van der Waals surface area contributed by atoms with Crippen LogP contribution in [0.3, 0.4) is 0 Å². The SMILES string of the molecule is COc1ncc(F)cc1[C@H]1C[C@H](F)CN1c1ccc2ncc(-c3ccnc(CO)n3)n2n1. The number of hydrogen-bond donors (Lipinski definition) is 1. The minimum atomic E-state index is -1.12. The van der Waals surface area contributed by atoms with E-state index in [1.54, 1.807) is 40.0 Å². The molecule has 0 spiro atoms. The van der Waals surface area contributed by atoms with Gasteiger partial charge in [-0.2, -0.15) is 0 Å². The predicted octanol–water partition coefficient (Wildman–Crippen LogP) is 2.51. The van der Waals surface area contributed by atoms with Crippen LogP contribution >= 0.6 is 0 Å². The number of ether oxygens (including phenoxy) is 1. The second-order valence-electron chi connectivity index (χ2n) is 7.37. The van der Waals surface area contributed by atoms with Crippen LogP contribution in [0.25, 0.3) is 17.0 Å². The number of halogens is 2. The molecule has 1 aliphatic heterocycles. The molecular weight excluding hydrogens is 420 g/mol. The fourth-order valence-corrected chi connectivity index (χ4v) is 3.99. The number of rotatable bonds is 5. The first-order chi connectivity index (χ1) is 15.6. The topological polar surface area (TPSA) is 102 Å². The normalized spacial score (nSPS) is 18.4. The molecule has 164 valence electrons. The molecule has 0 unspecified atom stereocenters. The highest BCUT2D eigenvalue weighted by molar-refractivity contribution is 5.60. The van der Waals surface area contributed by atoms with E-state index >= 15 is 0 Å². The Morgan fingerprint density at radius 1 is 1.19 bits per heavy atom. The van der Waals surface area contributed by atoms with E-state index in [2.05, 4.69) is 25.0 Å². The molecule has 9 nitrogen and oxygen atoms in total. The molecule has 5 rings (SSSR count). The van der Waals surface area contributed by atoms with Gasteiger partial charge < -0.3 is 14.7 Å². The zero-order chi connectivity index (χ0) is 22.2. The highest BCUT2D eigenvalue weighted by atomic mass is 19.1. The summed E-state index contributed by atoms with van der Waals surface area (Å²) in [4.78, 5) is 18.4. The van der Waals surface area contributed by atoms with Gasteiger partial charge in [0.25, 0.3) is 0 Å². The third-order valence-corrected chi connectivity index (χ3v) is 5.40. The van der Waals surface area contributed by atoms with E-state index in [0.717, 1.165) is 6.20 Å². The maximum atomic E-state index is 14.5. The van der Waals surface area contributed by atoms with Crippen molar-refractivity contribution >= 4 is 11.5 Å². The van der Waals surface area contributed by atoms with Crippen LogP contribution in [0, 0.1) is 5.82 Å². The molecule has 4 aromatic heterocycles. The largest absolute Gasteiger partial charge is 0.481 e. The molecule has 0 aromatic carbocycles. The van der Waals surface area contributed by atoms with Crippen LogP contribution in [0.15, 0.2) is 42.9 Å². The van der Waals surface area contributed by atoms with E-state index in [0.29, 0.717) is 28.4 Å². The molecule has 1 fully saturated rings. The molecule has 5 heterocycles. The summed E-state index contributed by atoms with van der Waals surface area (Å²) < 4.78 is 35.4. The van der Waals surface area contributed by atoms with Gasteiger partial charge >= 0.3 is 0 Å². The van der Waals surface area contributed by atoms with Crippen LogP contribution in [0.1, 0.15) is 23.9 Å². The number of aliphatic hydroxyl groups is 1. The molecule has 0 saturated carbocycles. The quantitative estimate of drug-likeness (QED) is 0.506. The van der Waals surface area contributed by atoms with Crippen molar-refractivity contribution in [3.63, 3.8) is 0 Å². The van der Waals surface area contributed by atoms with Gasteiger partial charge in [0.15, 0.2) is 11.5 Å². The lowest BCUT2D eigenvalue weighted by Crippen LogP contribution is -2.26. The molecule has 1 N–H and O–H groups in total. The van der Waals surface area contributed by atoms with Crippen molar-refractivity contribution in [2.24, 2.45) is 0 Å². The third-order valence-electron chi connectivity index (χ3n) is 5.40. The van der Waals surface area contributed by atoms with Gasteiger partial charge in [0.2, 0.25) is 5.88 Å². The molecule has 1 aliphatic rings.